The van der Waals surface area contributed by atoms with Gasteiger partial charge in [0, 0.05) is 13.6 Å². The SMILES string of the molecule is CN(CC(=O)O)C(=O)N1CCC1C(N)=O. The molecule has 1 aliphatic heterocycles. The fourth-order valence-corrected chi connectivity index (χ4v) is 1.40. The van der Waals surface area contributed by atoms with E-state index >= 15 is 0 Å². The van der Waals surface area contributed by atoms with E-state index in [1.54, 1.807) is 0 Å². The number of nitrogens with two attached hydrogens (primary N) is 1. The van der Waals surface area contributed by atoms with Gasteiger partial charge in [0.15, 0.2) is 0 Å². The van der Waals surface area contributed by atoms with Crippen LogP contribution in [0, 0.1) is 0 Å². The molecule has 0 aliphatic carbocycles. The molecule has 1 unspecified atom stereocenters. The Balaban J connectivity index is 2.53. The molecule has 7 heteroatoms. The molecular formula is C8H13N3O4. The van der Waals surface area contributed by atoms with Gasteiger partial charge >= 0.3 is 12.0 Å². The van der Waals surface area contributed by atoms with E-state index < -0.39 is 23.9 Å². The quantitative estimate of drug-likeness (QED) is 0.609. The van der Waals surface area contributed by atoms with E-state index in [9.17, 15) is 14.4 Å². The highest BCUT2D eigenvalue weighted by molar-refractivity contribution is 5.88. The van der Waals surface area contributed by atoms with Crippen LogP contribution in [0.25, 0.3) is 0 Å². The molecule has 0 saturated carbocycles. The number of rotatable bonds is 3. The Morgan fingerprint density at radius 2 is 2.13 bits per heavy atom. The molecule has 1 heterocycles. The Bertz CT molecular complexity index is 304. The van der Waals surface area contributed by atoms with Crippen LogP contribution in [-0.2, 0) is 9.59 Å². The number of hydrogen-bond donors (Lipinski definition) is 2. The average molecular weight is 215 g/mol. The lowest BCUT2D eigenvalue weighted by atomic mass is 10.0. The van der Waals surface area contributed by atoms with Crippen LogP contribution in [0.1, 0.15) is 6.42 Å². The van der Waals surface area contributed by atoms with Gasteiger partial charge in [-0.1, -0.05) is 0 Å². The van der Waals surface area contributed by atoms with Crippen LogP contribution in [0.15, 0.2) is 0 Å². The molecule has 0 aromatic heterocycles. The van der Waals surface area contributed by atoms with Gasteiger partial charge in [0.1, 0.15) is 12.6 Å². The summed E-state index contributed by atoms with van der Waals surface area (Å²) in [5, 5.41) is 8.48. The molecule has 1 atom stereocenters. The first kappa shape index (κ1) is 11.3. The number of hydrogen-bond acceptors (Lipinski definition) is 3. The van der Waals surface area contributed by atoms with E-state index in [1.165, 1.54) is 11.9 Å². The summed E-state index contributed by atoms with van der Waals surface area (Å²) in [6.07, 6.45) is 0.544. The molecule has 0 bridgehead atoms. The van der Waals surface area contributed by atoms with Gasteiger partial charge in [-0.2, -0.15) is 0 Å². The van der Waals surface area contributed by atoms with Crippen molar-refractivity contribution in [2.45, 2.75) is 12.5 Å². The fourth-order valence-electron chi connectivity index (χ4n) is 1.40. The summed E-state index contributed by atoms with van der Waals surface area (Å²) in [7, 11) is 1.37. The van der Waals surface area contributed by atoms with Crippen LogP contribution < -0.4 is 5.73 Å². The van der Waals surface area contributed by atoms with Crippen LogP contribution in [-0.4, -0.2) is 59.0 Å². The zero-order valence-corrected chi connectivity index (χ0v) is 8.34. The summed E-state index contributed by atoms with van der Waals surface area (Å²) >= 11 is 0. The lowest BCUT2D eigenvalue weighted by Gasteiger charge is -2.40. The van der Waals surface area contributed by atoms with Gasteiger partial charge in [0.2, 0.25) is 5.91 Å². The van der Waals surface area contributed by atoms with E-state index in [1.807, 2.05) is 0 Å². The molecule has 1 fully saturated rings. The Hall–Kier alpha value is -1.79. The Morgan fingerprint density at radius 3 is 2.47 bits per heavy atom. The van der Waals surface area contributed by atoms with E-state index in [0.717, 1.165) is 4.90 Å². The second-order valence-electron chi connectivity index (χ2n) is 3.43. The van der Waals surface area contributed by atoms with E-state index in [2.05, 4.69) is 0 Å². The van der Waals surface area contributed by atoms with Crippen molar-refractivity contribution in [3.05, 3.63) is 0 Å². The van der Waals surface area contributed by atoms with Gasteiger partial charge < -0.3 is 20.6 Å². The topological polar surface area (TPSA) is 104 Å². The molecule has 0 spiro atoms. The molecular weight excluding hydrogens is 202 g/mol. The fraction of sp³-hybridized carbons (Fsp3) is 0.625. The minimum atomic E-state index is -1.10. The number of likely N-dealkylation sites (N-methyl/N-ethyl adjacent to an activating group) is 1. The van der Waals surface area contributed by atoms with Gasteiger partial charge in [-0.25, -0.2) is 4.79 Å². The zero-order chi connectivity index (χ0) is 11.6. The van der Waals surface area contributed by atoms with Crippen molar-refractivity contribution in [3.63, 3.8) is 0 Å². The van der Waals surface area contributed by atoms with Crippen LogP contribution in [0.2, 0.25) is 0 Å². The number of urea groups is 1. The number of carboxylic acid groups (broad SMARTS) is 1. The average Bonchev–Trinajstić information content (AvgIpc) is 1.99. The van der Waals surface area contributed by atoms with Gasteiger partial charge in [0.25, 0.3) is 0 Å². The van der Waals surface area contributed by atoms with Crippen molar-refractivity contribution in [1.29, 1.82) is 0 Å². The number of nitrogens with zero attached hydrogens (tertiary/aromatic N) is 2. The summed E-state index contributed by atoms with van der Waals surface area (Å²) in [5.74, 6) is -1.65. The number of likely N-dealkylation sites (tertiary alicyclic amines) is 1. The highest BCUT2D eigenvalue weighted by Crippen LogP contribution is 2.18. The summed E-state index contributed by atoms with van der Waals surface area (Å²) in [5.41, 5.74) is 5.06. The molecule has 1 aliphatic rings. The third-order valence-electron chi connectivity index (χ3n) is 2.29. The smallest absolute Gasteiger partial charge is 0.323 e. The zero-order valence-electron chi connectivity index (χ0n) is 8.34. The van der Waals surface area contributed by atoms with Crippen LogP contribution >= 0.6 is 0 Å². The Labute approximate surface area is 86.4 Å². The first-order chi connectivity index (χ1) is 6.93. The first-order valence-corrected chi connectivity index (χ1v) is 4.46. The van der Waals surface area contributed by atoms with Crippen LogP contribution in [0.3, 0.4) is 0 Å². The molecule has 84 valence electrons. The number of carboxylic acids is 1. The minimum Gasteiger partial charge on any atom is -0.480 e. The summed E-state index contributed by atoms with van der Waals surface area (Å²) in [6.45, 7) is 0.0528. The molecule has 3 amide bonds. The lowest BCUT2D eigenvalue weighted by molar-refractivity contribution is -0.137. The third kappa shape index (κ3) is 2.36. The minimum absolute atomic E-state index is 0.388. The predicted molar refractivity (Wildman–Crippen MR) is 50.0 cm³/mol. The standard InChI is InChI=1S/C8H13N3O4/c1-10(4-6(12)13)8(15)11-3-2-5(11)7(9)14/h5H,2-4H2,1H3,(H2,9,14)(H,12,13). The first-order valence-electron chi connectivity index (χ1n) is 4.46. The van der Waals surface area contributed by atoms with Crippen LogP contribution in [0.5, 0.6) is 0 Å². The van der Waals surface area contributed by atoms with Crippen molar-refractivity contribution in [2.75, 3.05) is 20.1 Å². The second-order valence-corrected chi connectivity index (χ2v) is 3.43. The normalized spacial score (nSPS) is 19.3. The summed E-state index contributed by atoms with van der Waals surface area (Å²) in [6, 6.07) is -1.07. The second kappa shape index (κ2) is 4.16. The molecule has 1 saturated heterocycles. The highest BCUT2D eigenvalue weighted by atomic mass is 16.4. The number of aliphatic carboxylic acids is 1. The maximum Gasteiger partial charge on any atom is 0.323 e. The number of carbonyl (C=O) groups is 3. The van der Waals surface area contributed by atoms with Crippen molar-refractivity contribution in [2.24, 2.45) is 5.73 Å². The van der Waals surface area contributed by atoms with Gasteiger partial charge in [-0.05, 0) is 6.42 Å². The third-order valence-corrected chi connectivity index (χ3v) is 2.29. The monoisotopic (exact) mass is 215 g/mol. The summed E-state index contributed by atoms with van der Waals surface area (Å²) in [4.78, 5) is 35.1. The van der Waals surface area contributed by atoms with E-state index in [-0.39, 0.29) is 6.54 Å². The Kier molecular flexibility index (Phi) is 3.13. The largest absolute Gasteiger partial charge is 0.480 e. The number of amides is 3. The van der Waals surface area contributed by atoms with Gasteiger partial charge in [-0.15, -0.1) is 0 Å². The Morgan fingerprint density at radius 1 is 1.53 bits per heavy atom. The molecule has 15 heavy (non-hydrogen) atoms. The van der Waals surface area contributed by atoms with Gasteiger partial charge in [-0.3, -0.25) is 9.59 Å². The summed E-state index contributed by atoms with van der Waals surface area (Å²) < 4.78 is 0. The molecule has 1 rings (SSSR count). The maximum absolute atomic E-state index is 11.6. The van der Waals surface area contributed by atoms with Crippen molar-refractivity contribution < 1.29 is 19.5 Å². The maximum atomic E-state index is 11.6. The number of carbonyl (C=O) groups excluding carboxylic acids is 2. The lowest BCUT2D eigenvalue weighted by Crippen LogP contribution is -2.60. The predicted octanol–water partition coefficient (Wildman–Crippen LogP) is -1.32. The van der Waals surface area contributed by atoms with Gasteiger partial charge in [0.05, 0.1) is 0 Å². The van der Waals surface area contributed by atoms with Crippen molar-refractivity contribution in [3.8, 4) is 0 Å². The molecule has 7 nitrogen and oxygen atoms in total. The van der Waals surface area contributed by atoms with Crippen molar-refractivity contribution >= 4 is 17.9 Å². The molecule has 0 radical (unpaired) electrons. The highest BCUT2D eigenvalue weighted by Gasteiger charge is 2.37. The molecule has 3 N–H and O–H groups in total. The van der Waals surface area contributed by atoms with E-state index in [4.69, 9.17) is 10.8 Å². The van der Waals surface area contributed by atoms with Crippen LogP contribution in [0.4, 0.5) is 4.79 Å². The number of primary amides is 1. The van der Waals surface area contributed by atoms with E-state index in [0.29, 0.717) is 13.0 Å². The molecule has 0 aromatic carbocycles. The molecule has 0 aromatic rings. The van der Waals surface area contributed by atoms with Crippen molar-refractivity contribution in [1.82, 2.24) is 9.80 Å².